The number of nitrogens with one attached hydrogen (secondary N) is 1. The fraction of sp³-hybridized carbons (Fsp3) is 0.600. The topological polar surface area (TPSA) is 119 Å². The molecule has 0 aliphatic carbocycles. The van der Waals surface area contributed by atoms with Crippen LogP contribution in [0.1, 0.15) is 20.3 Å². The number of ether oxygens (including phenoxy) is 1. The molecule has 1 aromatic rings. The molecule has 0 aromatic heterocycles. The van der Waals surface area contributed by atoms with E-state index < -0.39 is 20.0 Å². The first-order valence-corrected chi connectivity index (χ1v) is 11.0. The van der Waals surface area contributed by atoms with Crippen molar-refractivity contribution in [2.45, 2.75) is 25.2 Å². The molecule has 8 nitrogen and oxygen atoms in total. The number of benzene rings is 1. The molecule has 0 radical (unpaired) electrons. The van der Waals surface area contributed by atoms with Crippen LogP contribution in [0.25, 0.3) is 0 Å². The lowest BCUT2D eigenvalue weighted by molar-refractivity contribution is 0.349. The molecule has 0 amide bonds. The summed E-state index contributed by atoms with van der Waals surface area (Å²) >= 11 is 0. The van der Waals surface area contributed by atoms with Gasteiger partial charge < -0.3 is 10.5 Å². The molecule has 1 aliphatic heterocycles. The zero-order valence-electron chi connectivity index (χ0n) is 15.1. The van der Waals surface area contributed by atoms with E-state index in [9.17, 15) is 16.8 Å². The van der Waals surface area contributed by atoms with Gasteiger partial charge in [0.15, 0.2) is 0 Å². The second-order valence-corrected chi connectivity index (χ2v) is 10.4. The van der Waals surface area contributed by atoms with Gasteiger partial charge in [-0.05, 0) is 37.4 Å². The molecule has 150 valence electrons. The highest BCUT2D eigenvalue weighted by Gasteiger charge is 2.40. The van der Waals surface area contributed by atoms with Crippen molar-refractivity contribution in [3.63, 3.8) is 0 Å². The number of hydrogen-bond donors (Lipinski definition) is 2. The van der Waals surface area contributed by atoms with Gasteiger partial charge in [-0.25, -0.2) is 16.8 Å². The molecule has 2 rings (SSSR count). The van der Waals surface area contributed by atoms with E-state index in [-0.39, 0.29) is 34.2 Å². The molecular formula is C15H26ClN3O5S2. The van der Waals surface area contributed by atoms with Crippen LogP contribution < -0.4 is 15.2 Å². The zero-order chi connectivity index (χ0) is 18.9. The normalized spacial score (nSPS) is 21.2. The summed E-state index contributed by atoms with van der Waals surface area (Å²) in [4.78, 5) is -0.0911. The van der Waals surface area contributed by atoms with E-state index in [2.05, 4.69) is 4.72 Å². The molecule has 1 unspecified atom stereocenters. The summed E-state index contributed by atoms with van der Waals surface area (Å²) in [5, 5.41) is 0. The molecule has 1 saturated heterocycles. The molecule has 26 heavy (non-hydrogen) atoms. The predicted molar refractivity (Wildman–Crippen MR) is 104 cm³/mol. The number of nitrogens with zero attached hydrogens (tertiary/aromatic N) is 1. The van der Waals surface area contributed by atoms with Gasteiger partial charge in [0.1, 0.15) is 10.6 Å². The summed E-state index contributed by atoms with van der Waals surface area (Å²) in [5.74, 6) is 0.194. The Balaban J connectivity index is 0.00000338. The van der Waals surface area contributed by atoms with Crippen molar-refractivity contribution < 1.29 is 21.6 Å². The SMILES string of the molecule is CCS(=O)(=O)Nc1cc(OC)ccc1S(=O)(=O)N1CCC(C)(CN)C1.Cl. The maximum absolute atomic E-state index is 13.0. The Morgan fingerprint density at radius 2 is 1.96 bits per heavy atom. The van der Waals surface area contributed by atoms with Crippen LogP contribution in [0.2, 0.25) is 0 Å². The maximum atomic E-state index is 13.0. The van der Waals surface area contributed by atoms with Crippen LogP contribution in [-0.4, -0.2) is 53.6 Å². The van der Waals surface area contributed by atoms with E-state index in [1.807, 2.05) is 6.92 Å². The highest BCUT2D eigenvalue weighted by molar-refractivity contribution is 7.93. The lowest BCUT2D eigenvalue weighted by atomic mass is 9.90. The van der Waals surface area contributed by atoms with Crippen molar-refractivity contribution in [3.8, 4) is 5.75 Å². The van der Waals surface area contributed by atoms with Crippen LogP contribution in [0.15, 0.2) is 23.1 Å². The van der Waals surface area contributed by atoms with Crippen LogP contribution >= 0.6 is 12.4 Å². The van der Waals surface area contributed by atoms with Gasteiger partial charge in [-0.15, -0.1) is 12.4 Å². The molecule has 0 saturated carbocycles. The van der Waals surface area contributed by atoms with Gasteiger partial charge in [0.2, 0.25) is 20.0 Å². The van der Waals surface area contributed by atoms with Gasteiger partial charge in [0.25, 0.3) is 0 Å². The summed E-state index contributed by atoms with van der Waals surface area (Å²) in [6, 6.07) is 4.23. The minimum atomic E-state index is -3.86. The number of rotatable bonds is 7. The molecular weight excluding hydrogens is 402 g/mol. The second kappa shape index (κ2) is 8.30. The first-order valence-electron chi connectivity index (χ1n) is 7.96. The fourth-order valence-electron chi connectivity index (χ4n) is 2.67. The summed E-state index contributed by atoms with van der Waals surface area (Å²) in [6.45, 7) is 4.46. The Labute approximate surface area is 161 Å². The van der Waals surface area contributed by atoms with Crippen molar-refractivity contribution in [1.82, 2.24) is 4.31 Å². The number of nitrogens with two attached hydrogens (primary N) is 1. The average Bonchev–Trinajstić information content (AvgIpc) is 2.98. The second-order valence-electron chi connectivity index (χ2n) is 6.47. The molecule has 1 atom stereocenters. The van der Waals surface area contributed by atoms with Crippen molar-refractivity contribution in [2.75, 3.05) is 37.2 Å². The monoisotopic (exact) mass is 427 g/mol. The van der Waals surface area contributed by atoms with Crippen molar-refractivity contribution >= 4 is 38.1 Å². The van der Waals surface area contributed by atoms with Crippen LogP contribution in [0.4, 0.5) is 5.69 Å². The summed E-state index contributed by atoms with van der Waals surface area (Å²) < 4.78 is 58.7. The van der Waals surface area contributed by atoms with Gasteiger partial charge in [0, 0.05) is 19.2 Å². The molecule has 0 spiro atoms. The Bertz CT molecular complexity index is 845. The van der Waals surface area contributed by atoms with E-state index in [0.29, 0.717) is 31.8 Å². The van der Waals surface area contributed by atoms with Crippen molar-refractivity contribution in [3.05, 3.63) is 18.2 Å². The first-order chi connectivity index (χ1) is 11.6. The number of methoxy groups -OCH3 is 1. The minimum absolute atomic E-state index is 0. The third kappa shape index (κ3) is 4.80. The number of sulfonamides is 2. The van der Waals surface area contributed by atoms with Gasteiger partial charge in [0.05, 0.1) is 18.6 Å². The molecule has 0 bridgehead atoms. The molecule has 11 heteroatoms. The number of halogens is 1. The lowest BCUT2D eigenvalue weighted by Crippen LogP contribution is -2.35. The molecule has 1 fully saturated rings. The third-order valence-electron chi connectivity index (χ3n) is 4.47. The van der Waals surface area contributed by atoms with E-state index in [0.717, 1.165) is 0 Å². The maximum Gasteiger partial charge on any atom is 0.245 e. The van der Waals surface area contributed by atoms with Gasteiger partial charge in [-0.1, -0.05) is 6.92 Å². The molecule has 3 N–H and O–H groups in total. The quantitative estimate of drug-likeness (QED) is 0.675. The lowest BCUT2D eigenvalue weighted by Gasteiger charge is -2.23. The molecule has 1 aliphatic rings. The molecule has 1 aromatic carbocycles. The van der Waals surface area contributed by atoms with Gasteiger partial charge >= 0.3 is 0 Å². The standard InChI is InChI=1S/C15H25N3O5S2.ClH/c1-4-24(19,20)17-13-9-12(23-3)5-6-14(13)25(21,22)18-8-7-15(2,10-16)11-18;/h5-6,9,17H,4,7-8,10-11,16H2,1-3H3;1H. The Morgan fingerprint density at radius 3 is 2.46 bits per heavy atom. The largest absolute Gasteiger partial charge is 0.497 e. The van der Waals surface area contributed by atoms with Crippen LogP contribution in [0, 0.1) is 5.41 Å². The fourth-order valence-corrected chi connectivity index (χ4v) is 5.10. The predicted octanol–water partition coefficient (Wildman–Crippen LogP) is 1.24. The van der Waals surface area contributed by atoms with Crippen LogP contribution in [0.5, 0.6) is 5.75 Å². The van der Waals surface area contributed by atoms with E-state index in [4.69, 9.17) is 10.5 Å². The van der Waals surface area contributed by atoms with E-state index in [1.165, 1.54) is 36.5 Å². The van der Waals surface area contributed by atoms with Crippen molar-refractivity contribution in [1.29, 1.82) is 0 Å². The summed E-state index contributed by atoms with van der Waals surface area (Å²) in [5.41, 5.74) is 5.46. The summed E-state index contributed by atoms with van der Waals surface area (Å²) in [6.07, 6.45) is 0.662. The highest BCUT2D eigenvalue weighted by Crippen LogP contribution is 2.36. The average molecular weight is 428 g/mol. The van der Waals surface area contributed by atoms with Crippen LogP contribution in [-0.2, 0) is 20.0 Å². The summed E-state index contributed by atoms with van der Waals surface area (Å²) in [7, 11) is -6.08. The van der Waals surface area contributed by atoms with Crippen LogP contribution in [0.3, 0.4) is 0 Å². The number of anilines is 1. The van der Waals surface area contributed by atoms with E-state index >= 15 is 0 Å². The van der Waals surface area contributed by atoms with E-state index in [1.54, 1.807) is 0 Å². The smallest absolute Gasteiger partial charge is 0.245 e. The minimum Gasteiger partial charge on any atom is -0.497 e. The van der Waals surface area contributed by atoms with Gasteiger partial charge in [-0.2, -0.15) is 4.31 Å². The first kappa shape index (κ1) is 23.0. The van der Waals surface area contributed by atoms with Crippen molar-refractivity contribution in [2.24, 2.45) is 11.1 Å². The molecule has 1 heterocycles. The third-order valence-corrected chi connectivity index (χ3v) is 7.66. The Kier molecular flexibility index (Phi) is 7.33. The Morgan fingerprint density at radius 1 is 1.31 bits per heavy atom. The highest BCUT2D eigenvalue weighted by atomic mass is 35.5. The zero-order valence-corrected chi connectivity index (χ0v) is 17.5. The Hall–Kier alpha value is -1.07. The number of hydrogen-bond acceptors (Lipinski definition) is 6. The van der Waals surface area contributed by atoms with Gasteiger partial charge in [-0.3, -0.25) is 4.72 Å².